The number of aromatic nitrogens is 4. The Morgan fingerprint density at radius 2 is 1.89 bits per heavy atom. The van der Waals surface area contributed by atoms with Gasteiger partial charge in [0, 0.05) is 12.1 Å². The Morgan fingerprint density at radius 1 is 1.14 bits per heavy atom. The van der Waals surface area contributed by atoms with Crippen molar-refractivity contribution in [3.63, 3.8) is 0 Å². The van der Waals surface area contributed by atoms with Crippen molar-refractivity contribution in [3.05, 3.63) is 72.6 Å². The van der Waals surface area contributed by atoms with Gasteiger partial charge in [0.15, 0.2) is 5.65 Å². The second-order valence-corrected chi connectivity index (χ2v) is 8.63. The molecule has 9 heteroatoms. The van der Waals surface area contributed by atoms with Gasteiger partial charge < -0.3 is 15.8 Å². The van der Waals surface area contributed by atoms with E-state index in [1.807, 2.05) is 60.7 Å². The number of benzene rings is 2. The van der Waals surface area contributed by atoms with Gasteiger partial charge in [-0.05, 0) is 61.6 Å². The smallest absolute Gasteiger partial charge is 0.261 e. The Morgan fingerprint density at radius 3 is 2.61 bits per heavy atom. The second-order valence-electron chi connectivity index (χ2n) is 8.63. The van der Waals surface area contributed by atoms with Crippen molar-refractivity contribution in [1.29, 1.82) is 5.26 Å². The molecule has 1 aliphatic carbocycles. The van der Waals surface area contributed by atoms with E-state index in [-0.39, 0.29) is 18.0 Å². The third kappa shape index (κ3) is 5.18. The van der Waals surface area contributed by atoms with Gasteiger partial charge in [-0.15, -0.1) is 0 Å². The fourth-order valence-electron chi connectivity index (χ4n) is 3.89. The highest BCUT2D eigenvalue weighted by atomic mass is 16.5. The lowest BCUT2D eigenvalue weighted by Crippen LogP contribution is -2.28. The van der Waals surface area contributed by atoms with Gasteiger partial charge in [-0.1, -0.05) is 24.3 Å². The molecule has 1 saturated carbocycles. The summed E-state index contributed by atoms with van der Waals surface area (Å²) in [5, 5.41) is 17.5. The average Bonchev–Trinajstić information content (AvgIpc) is 3.65. The van der Waals surface area contributed by atoms with Crippen LogP contribution in [0.5, 0.6) is 11.5 Å². The van der Waals surface area contributed by atoms with E-state index in [9.17, 15) is 10.1 Å². The number of para-hydroxylation sites is 1. The molecule has 2 aromatic carbocycles. The van der Waals surface area contributed by atoms with E-state index in [4.69, 9.17) is 15.6 Å². The fourth-order valence-corrected chi connectivity index (χ4v) is 3.89. The first-order valence-corrected chi connectivity index (χ1v) is 11.8. The molecule has 0 saturated heterocycles. The van der Waals surface area contributed by atoms with Crippen LogP contribution in [0.25, 0.3) is 22.3 Å². The van der Waals surface area contributed by atoms with Crippen LogP contribution in [0.1, 0.15) is 19.3 Å². The third-order valence-electron chi connectivity index (χ3n) is 5.99. The summed E-state index contributed by atoms with van der Waals surface area (Å²) in [5.41, 5.74) is 8.39. The van der Waals surface area contributed by atoms with Gasteiger partial charge in [0.05, 0.1) is 11.9 Å². The number of hydrogen-bond acceptors (Lipinski definition) is 7. The maximum atomic E-state index is 12.4. The summed E-state index contributed by atoms with van der Waals surface area (Å²) >= 11 is 0. The zero-order valence-corrected chi connectivity index (χ0v) is 19.6. The van der Waals surface area contributed by atoms with E-state index < -0.39 is 0 Å². The van der Waals surface area contributed by atoms with Crippen molar-refractivity contribution >= 4 is 22.8 Å². The summed E-state index contributed by atoms with van der Waals surface area (Å²) in [6.45, 7) is 0.639. The van der Waals surface area contributed by atoms with Crippen molar-refractivity contribution in [2.75, 3.05) is 12.3 Å². The van der Waals surface area contributed by atoms with E-state index in [0.717, 1.165) is 17.7 Å². The van der Waals surface area contributed by atoms with Crippen molar-refractivity contribution < 1.29 is 9.53 Å². The SMILES string of the molecule is N#C/C(=C\CC1CC1)C(=O)NCCn1nc(-c2ccc(Oc3ccccc3)cc2)c2c(N)ncnc21. The number of anilines is 1. The molecule has 2 aromatic heterocycles. The molecule has 1 aliphatic rings. The lowest BCUT2D eigenvalue weighted by Gasteiger charge is -2.06. The van der Waals surface area contributed by atoms with Crippen LogP contribution >= 0.6 is 0 Å². The highest BCUT2D eigenvalue weighted by molar-refractivity contribution is 5.98. The molecular weight excluding hydrogens is 454 g/mol. The monoisotopic (exact) mass is 479 g/mol. The normalized spacial score (nSPS) is 13.4. The predicted octanol–water partition coefficient (Wildman–Crippen LogP) is 4.23. The number of nitrogens with zero attached hydrogens (tertiary/aromatic N) is 5. The highest BCUT2D eigenvalue weighted by Gasteiger charge is 2.21. The molecule has 1 amide bonds. The average molecular weight is 480 g/mol. The van der Waals surface area contributed by atoms with E-state index in [1.54, 1.807) is 10.8 Å². The Hall–Kier alpha value is -4.71. The molecule has 0 unspecified atom stereocenters. The first kappa shape index (κ1) is 23.1. The van der Waals surface area contributed by atoms with E-state index in [0.29, 0.717) is 40.8 Å². The first-order chi connectivity index (χ1) is 17.6. The van der Waals surface area contributed by atoms with Gasteiger partial charge in [0.2, 0.25) is 0 Å². The molecule has 9 nitrogen and oxygen atoms in total. The van der Waals surface area contributed by atoms with Crippen LogP contribution in [-0.4, -0.2) is 32.2 Å². The van der Waals surface area contributed by atoms with Crippen molar-refractivity contribution in [3.8, 4) is 28.8 Å². The quantitative estimate of drug-likeness (QED) is 0.271. The summed E-state index contributed by atoms with van der Waals surface area (Å²) in [7, 11) is 0. The van der Waals surface area contributed by atoms with Gasteiger partial charge >= 0.3 is 0 Å². The molecule has 0 aliphatic heterocycles. The van der Waals surface area contributed by atoms with Gasteiger partial charge in [-0.25, -0.2) is 14.6 Å². The van der Waals surface area contributed by atoms with Gasteiger partial charge in [-0.3, -0.25) is 4.79 Å². The molecule has 180 valence electrons. The summed E-state index contributed by atoms with van der Waals surface area (Å²) in [6, 6.07) is 19.1. The van der Waals surface area contributed by atoms with E-state index >= 15 is 0 Å². The van der Waals surface area contributed by atoms with Gasteiger partial charge in [0.25, 0.3) is 5.91 Å². The number of amides is 1. The van der Waals surface area contributed by atoms with Crippen LogP contribution in [0.15, 0.2) is 72.6 Å². The minimum absolute atomic E-state index is 0.150. The molecule has 4 aromatic rings. The van der Waals surface area contributed by atoms with Crippen LogP contribution in [0.2, 0.25) is 0 Å². The number of rotatable bonds is 9. The zero-order valence-electron chi connectivity index (χ0n) is 19.6. The number of nitrogens with two attached hydrogens (primary N) is 1. The Kier molecular flexibility index (Phi) is 6.58. The molecule has 0 spiro atoms. The molecule has 0 radical (unpaired) electrons. The second kappa shape index (κ2) is 10.3. The minimum Gasteiger partial charge on any atom is -0.457 e. The van der Waals surface area contributed by atoms with Crippen LogP contribution in [0.3, 0.4) is 0 Å². The summed E-state index contributed by atoms with van der Waals surface area (Å²) < 4.78 is 7.57. The summed E-state index contributed by atoms with van der Waals surface area (Å²) in [6.07, 6.45) is 6.23. The number of carbonyl (C=O) groups is 1. The topological polar surface area (TPSA) is 132 Å². The molecule has 3 N–H and O–H groups in total. The number of ether oxygens (including phenoxy) is 1. The van der Waals surface area contributed by atoms with Crippen LogP contribution in [0.4, 0.5) is 5.82 Å². The van der Waals surface area contributed by atoms with Crippen LogP contribution in [-0.2, 0) is 11.3 Å². The summed E-state index contributed by atoms with van der Waals surface area (Å²) in [5.74, 6) is 2.01. The van der Waals surface area contributed by atoms with Gasteiger partial charge in [-0.2, -0.15) is 10.4 Å². The predicted molar refractivity (Wildman–Crippen MR) is 136 cm³/mol. The summed E-state index contributed by atoms with van der Waals surface area (Å²) in [4.78, 5) is 20.9. The van der Waals surface area contributed by atoms with Crippen LogP contribution < -0.4 is 15.8 Å². The van der Waals surface area contributed by atoms with Crippen molar-refractivity contribution in [1.82, 2.24) is 25.1 Å². The first-order valence-electron chi connectivity index (χ1n) is 11.8. The van der Waals surface area contributed by atoms with E-state index in [1.165, 1.54) is 19.2 Å². The lowest BCUT2D eigenvalue weighted by atomic mass is 10.1. The number of nitriles is 1. The standard InChI is InChI=1S/C27H25N7O2/c28-16-20(9-8-18-6-7-18)27(35)30-14-15-34-26-23(25(29)31-17-32-26)24(33-34)19-10-12-22(13-11-19)36-21-4-2-1-3-5-21/h1-5,9-13,17-18H,6-8,14-15H2,(H,30,35)(H2,29,31,32)/b20-9+. The number of nitrogen functional groups attached to an aromatic ring is 1. The minimum atomic E-state index is -0.377. The maximum absolute atomic E-state index is 12.4. The third-order valence-corrected chi connectivity index (χ3v) is 5.99. The molecule has 36 heavy (non-hydrogen) atoms. The molecular formula is C27H25N7O2. The van der Waals surface area contributed by atoms with Gasteiger partial charge in [0.1, 0.15) is 41.0 Å². The number of allylic oxidation sites excluding steroid dienone is 1. The molecule has 1 fully saturated rings. The molecule has 5 rings (SSSR count). The number of nitrogens with one attached hydrogen (secondary N) is 1. The zero-order chi connectivity index (χ0) is 24.9. The number of carbonyl (C=O) groups excluding carboxylic acids is 1. The number of hydrogen-bond donors (Lipinski definition) is 2. The Balaban J connectivity index is 1.32. The Labute approximate surface area is 208 Å². The van der Waals surface area contributed by atoms with Crippen molar-refractivity contribution in [2.45, 2.75) is 25.8 Å². The Bertz CT molecular complexity index is 1450. The molecule has 0 atom stereocenters. The largest absolute Gasteiger partial charge is 0.457 e. The van der Waals surface area contributed by atoms with E-state index in [2.05, 4.69) is 15.3 Å². The van der Waals surface area contributed by atoms with Crippen LogP contribution in [0, 0.1) is 17.2 Å². The fraction of sp³-hybridized carbons (Fsp3) is 0.222. The molecule has 2 heterocycles. The number of fused-ring (bicyclic) bond motifs is 1. The lowest BCUT2D eigenvalue weighted by molar-refractivity contribution is -0.117. The van der Waals surface area contributed by atoms with Crippen molar-refractivity contribution in [2.24, 2.45) is 5.92 Å². The molecule has 0 bridgehead atoms. The highest BCUT2D eigenvalue weighted by Crippen LogP contribution is 2.33. The maximum Gasteiger partial charge on any atom is 0.261 e.